The third-order valence-corrected chi connectivity index (χ3v) is 10.1. The molecule has 0 unspecified atom stereocenters. The molecule has 328 valence electrons. The van der Waals surface area contributed by atoms with E-state index in [1.807, 2.05) is 76.2 Å². The van der Waals surface area contributed by atoms with Gasteiger partial charge >= 0.3 is 0 Å². The zero-order valence-electron chi connectivity index (χ0n) is 36.7. The minimum absolute atomic E-state index is 0. The van der Waals surface area contributed by atoms with Gasteiger partial charge in [-0.05, 0) is 98.9 Å². The smallest absolute Gasteiger partial charge is 0.258 e. The largest absolute Gasteiger partial charge is 0.326 e. The van der Waals surface area contributed by atoms with E-state index in [2.05, 4.69) is 38.3 Å². The Morgan fingerprint density at radius 3 is 1.16 bits per heavy atom. The van der Waals surface area contributed by atoms with Crippen LogP contribution in [-0.4, -0.2) is 21.8 Å². The normalized spacial score (nSPS) is 10.7. The number of anilines is 2. The van der Waals surface area contributed by atoms with E-state index in [1.54, 1.807) is 24.3 Å². The number of halogens is 4. The van der Waals surface area contributed by atoms with E-state index in [0.29, 0.717) is 47.7 Å². The summed E-state index contributed by atoms with van der Waals surface area (Å²) in [5, 5.41) is 5.81. The highest BCUT2D eigenvalue weighted by Crippen LogP contribution is 2.38. The van der Waals surface area contributed by atoms with Crippen LogP contribution in [0.15, 0.2) is 97.1 Å². The number of nitrogens with two attached hydrogens (primary N) is 2. The van der Waals surface area contributed by atoms with Gasteiger partial charge in [0.1, 0.15) is 11.6 Å². The first-order valence-electron chi connectivity index (χ1n) is 20.3. The van der Waals surface area contributed by atoms with Crippen LogP contribution in [0.5, 0.6) is 0 Å². The predicted molar refractivity (Wildman–Crippen MR) is 254 cm³/mol. The van der Waals surface area contributed by atoms with Gasteiger partial charge in [-0.3, -0.25) is 19.6 Å². The highest BCUT2D eigenvalue weighted by atomic mass is 35.5. The number of benzene rings is 4. The Kier molecular flexibility index (Phi) is 18.9. The number of carbonyl (C=O) groups is 2. The molecule has 2 heterocycles. The lowest BCUT2D eigenvalue weighted by atomic mass is 9.92. The Morgan fingerprint density at radius 1 is 0.548 bits per heavy atom. The number of aryl methyl sites for hydroxylation is 4. The molecule has 0 fully saturated rings. The summed E-state index contributed by atoms with van der Waals surface area (Å²) >= 11 is 0. The van der Waals surface area contributed by atoms with E-state index < -0.39 is 23.4 Å². The zero-order chi connectivity index (χ0) is 43.7. The van der Waals surface area contributed by atoms with Crippen molar-refractivity contribution in [2.45, 2.75) is 81.3 Å². The lowest BCUT2D eigenvalue weighted by Gasteiger charge is -2.21. The van der Waals surface area contributed by atoms with Gasteiger partial charge in [-0.15, -0.1) is 24.8 Å². The van der Waals surface area contributed by atoms with Crippen molar-refractivity contribution < 1.29 is 18.4 Å². The molecule has 0 atom stereocenters. The van der Waals surface area contributed by atoms with Crippen molar-refractivity contribution in [1.82, 2.24) is 9.97 Å². The average molecular weight is 884 g/mol. The van der Waals surface area contributed by atoms with E-state index in [4.69, 9.17) is 21.4 Å². The Labute approximate surface area is 377 Å². The van der Waals surface area contributed by atoms with Crippen molar-refractivity contribution in [1.29, 1.82) is 0 Å². The molecule has 4 aromatic carbocycles. The third kappa shape index (κ3) is 12.3. The zero-order valence-corrected chi connectivity index (χ0v) is 38.3. The Hall–Kier alpha value is -5.52. The third-order valence-electron chi connectivity index (χ3n) is 10.1. The number of rotatable bonds is 12. The van der Waals surface area contributed by atoms with Crippen molar-refractivity contribution in [3.8, 4) is 22.3 Å². The summed E-state index contributed by atoms with van der Waals surface area (Å²) < 4.78 is 28.3. The summed E-state index contributed by atoms with van der Waals surface area (Å²) in [6, 6.07) is 28.0. The van der Waals surface area contributed by atoms with Crippen LogP contribution in [0.25, 0.3) is 22.3 Å². The van der Waals surface area contributed by atoms with Gasteiger partial charge in [-0.2, -0.15) is 0 Å². The number of nitrogens with zero attached hydrogens (tertiary/aromatic N) is 2. The van der Waals surface area contributed by atoms with Gasteiger partial charge < -0.3 is 22.1 Å². The molecule has 0 aliphatic rings. The molecule has 2 aromatic heterocycles. The Balaban J connectivity index is 0.000000320. The molecule has 6 rings (SSSR count). The fourth-order valence-corrected chi connectivity index (χ4v) is 7.19. The van der Waals surface area contributed by atoms with Gasteiger partial charge in [0.15, 0.2) is 0 Å². The summed E-state index contributed by atoms with van der Waals surface area (Å²) in [4.78, 5) is 35.3. The average Bonchev–Trinajstić information content (AvgIpc) is 3.20. The van der Waals surface area contributed by atoms with Crippen LogP contribution in [0.2, 0.25) is 0 Å². The maximum Gasteiger partial charge on any atom is 0.258 e. The van der Waals surface area contributed by atoms with Crippen molar-refractivity contribution in [3.05, 3.63) is 165 Å². The first-order valence-corrected chi connectivity index (χ1v) is 20.3. The fraction of sp³-hybridized carbons (Fsp3) is 0.280. The van der Waals surface area contributed by atoms with Crippen molar-refractivity contribution in [3.63, 3.8) is 0 Å². The van der Waals surface area contributed by atoms with Gasteiger partial charge in [0.25, 0.3) is 11.8 Å². The molecular formula is C50H58Cl2F2N6O2. The standard InChI is InChI=1S/2C25H28FN3O.2ClH/c2*1-15(2)13-22-20(14-27)23(18-11-9-16(3)10-12-18)24(17(4)28-22)29-25(30)19-7-5-6-8-21(19)26;;/h2*5-12,15H,13-14,27H2,1-4H3,(H,29,30);2*1H. The molecule has 8 nitrogen and oxygen atoms in total. The Bertz CT molecular complexity index is 2300. The van der Waals surface area contributed by atoms with Crippen molar-refractivity contribution in [2.75, 3.05) is 10.6 Å². The minimum Gasteiger partial charge on any atom is -0.326 e. The number of carbonyl (C=O) groups excluding carboxylic acids is 2. The second-order valence-electron chi connectivity index (χ2n) is 15.9. The van der Waals surface area contributed by atoms with Crippen molar-refractivity contribution >= 4 is 48.0 Å². The molecule has 0 bridgehead atoms. The molecule has 2 amide bonds. The SMILES string of the molecule is Cc1ccc(-c2c(CN)c(CC(C)C)nc(C)c2NC(=O)c2ccccc2F)cc1.Cc1ccc(-c2c(CN)c(CC(C)C)nc(C)c2NC(=O)c2ccccc2F)cc1.Cl.Cl. The van der Waals surface area contributed by atoms with Gasteiger partial charge in [-0.25, -0.2) is 8.78 Å². The van der Waals surface area contributed by atoms with Crippen LogP contribution in [-0.2, 0) is 25.9 Å². The summed E-state index contributed by atoms with van der Waals surface area (Å²) in [6.45, 7) is 16.9. The summed E-state index contributed by atoms with van der Waals surface area (Å²) in [7, 11) is 0. The first-order chi connectivity index (χ1) is 28.6. The van der Waals surface area contributed by atoms with E-state index >= 15 is 0 Å². The van der Waals surface area contributed by atoms with Gasteiger partial charge in [0, 0.05) is 35.6 Å². The number of pyridine rings is 2. The van der Waals surface area contributed by atoms with E-state index in [9.17, 15) is 18.4 Å². The second-order valence-corrected chi connectivity index (χ2v) is 15.9. The van der Waals surface area contributed by atoms with Gasteiger partial charge in [0.05, 0.1) is 33.9 Å². The molecule has 0 saturated carbocycles. The second kappa shape index (κ2) is 23.1. The minimum atomic E-state index is -0.562. The molecule has 0 aliphatic carbocycles. The van der Waals surface area contributed by atoms with Crippen molar-refractivity contribution in [2.24, 2.45) is 23.3 Å². The first kappa shape index (κ1) is 50.8. The number of nitrogens with one attached hydrogen (secondary N) is 2. The molecule has 6 aromatic rings. The maximum absolute atomic E-state index is 14.2. The molecule has 62 heavy (non-hydrogen) atoms. The lowest BCUT2D eigenvalue weighted by Crippen LogP contribution is -2.18. The fourth-order valence-electron chi connectivity index (χ4n) is 7.19. The van der Waals surface area contributed by atoms with E-state index in [1.165, 1.54) is 24.3 Å². The molecule has 0 radical (unpaired) electrons. The monoisotopic (exact) mass is 882 g/mol. The Morgan fingerprint density at radius 2 is 0.871 bits per heavy atom. The molecule has 12 heteroatoms. The van der Waals surface area contributed by atoms with Gasteiger partial charge in [-0.1, -0.05) is 112 Å². The quantitative estimate of drug-likeness (QED) is 0.0966. The van der Waals surface area contributed by atoms with E-state index in [-0.39, 0.29) is 35.9 Å². The molecule has 0 aliphatic heterocycles. The van der Waals surface area contributed by atoms with Crippen LogP contribution < -0.4 is 22.1 Å². The maximum atomic E-state index is 14.2. The number of hydrogen-bond donors (Lipinski definition) is 4. The topological polar surface area (TPSA) is 136 Å². The number of aromatic nitrogens is 2. The van der Waals surface area contributed by atoms with Crippen LogP contribution in [0.3, 0.4) is 0 Å². The van der Waals surface area contributed by atoms with Crippen LogP contribution in [0.4, 0.5) is 20.2 Å². The van der Waals surface area contributed by atoms with Crippen LogP contribution in [0.1, 0.15) is 93.4 Å². The summed E-state index contributed by atoms with van der Waals surface area (Å²) in [6.07, 6.45) is 1.57. The molecule has 6 N–H and O–H groups in total. The lowest BCUT2D eigenvalue weighted by molar-refractivity contribution is 0.101. The van der Waals surface area contributed by atoms with Crippen LogP contribution >= 0.6 is 24.8 Å². The van der Waals surface area contributed by atoms with Gasteiger partial charge in [0.2, 0.25) is 0 Å². The predicted octanol–water partition coefficient (Wildman–Crippen LogP) is 11.7. The van der Waals surface area contributed by atoms with E-state index in [0.717, 1.165) is 68.7 Å². The summed E-state index contributed by atoms with van der Waals surface area (Å²) in [5.41, 5.74) is 24.4. The number of hydrogen-bond acceptors (Lipinski definition) is 6. The molecule has 0 spiro atoms. The highest BCUT2D eigenvalue weighted by Gasteiger charge is 2.24. The van der Waals surface area contributed by atoms with Crippen LogP contribution in [0, 0.1) is 51.2 Å². The number of amides is 2. The molecular weight excluding hydrogens is 825 g/mol. The summed E-state index contributed by atoms with van der Waals surface area (Å²) in [5.74, 6) is -1.32. The molecule has 0 saturated heterocycles. The highest BCUT2D eigenvalue weighted by molar-refractivity contribution is 6.08.